The molecule has 0 radical (unpaired) electrons. The van der Waals surface area contributed by atoms with Gasteiger partial charge in [0.05, 0.1) is 0 Å². The lowest BCUT2D eigenvalue weighted by Gasteiger charge is -2.12. The fourth-order valence-corrected chi connectivity index (χ4v) is 1.59. The summed E-state index contributed by atoms with van der Waals surface area (Å²) in [4.78, 5) is 33.8. The van der Waals surface area contributed by atoms with Gasteiger partial charge in [0.15, 0.2) is 11.6 Å². The predicted octanol–water partition coefficient (Wildman–Crippen LogP) is 1.82. The first-order valence-electron chi connectivity index (χ1n) is 4.50. The molecule has 74 valence electrons. The van der Waals surface area contributed by atoms with Gasteiger partial charge < -0.3 is 0 Å². The lowest BCUT2D eigenvalue weighted by Crippen LogP contribution is -2.15. The average Bonchev–Trinajstić information content (AvgIpc) is 2.25. The van der Waals surface area contributed by atoms with E-state index in [1.165, 1.54) is 24.3 Å². The topological polar surface area (TPSA) is 51.2 Å². The normalized spacial score (nSPS) is 14.6. The molecule has 3 heteroatoms. The molecule has 1 aromatic carbocycles. The second-order valence-corrected chi connectivity index (χ2v) is 3.44. The third-order valence-electron chi connectivity index (χ3n) is 2.40. The molecule has 0 N–H and O–H groups in total. The van der Waals surface area contributed by atoms with Crippen LogP contribution in [0.2, 0.25) is 0 Å². The molecule has 2 rings (SSSR count). The van der Waals surface area contributed by atoms with Gasteiger partial charge in [-0.3, -0.25) is 14.4 Å². The van der Waals surface area contributed by atoms with Crippen molar-refractivity contribution in [3.05, 3.63) is 46.5 Å². The Labute approximate surface area is 86.4 Å². The zero-order chi connectivity index (χ0) is 11.0. The number of aldehydes is 1. The number of rotatable bonds is 1. The van der Waals surface area contributed by atoms with Crippen LogP contribution in [0, 0.1) is 0 Å². The number of hydrogen-bond donors (Lipinski definition) is 0. The average molecular weight is 200 g/mol. The van der Waals surface area contributed by atoms with E-state index in [-0.39, 0.29) is 11.6 Å². The summed E-state index contributed by atoms with van der Waals surface area (Å²) in [6.07, 6.45) is 1.96. The quantitative estimate of drug-likeness (QED) is 0.650. The third-order valence-corrected chi connectivity index (χ3v) is 2.40. The molecule has 0 aromatic heterocycles. The van der Waals surface area contributed by atoms with Crippen molar-refractivity contribution in [1.82, 2.24) is 0 Å². The second kappa shape index (κ2) is 3.28. The molecule has 1 aliphatic rings. The largest absolute Gasteiger partial charge is 0.298 e. The van der Waals surface area contributed by atoms with Crippen molar-refractivity contribution in [3.8, 4) is 0 Å². The predicted molar refractivity (Wildman–Crippen MR) is 54.2 cm³/mol. The fourth-order valence-electron chi connectivity index (χ4n) is 1.59. The molecule has 0 unspecified atom stereocenters. The lowest BCUT2D eigenvalue weighted by atomic mass is 9.89. The Kier molecular flexibility index (Phi) is 2.08. The monoisotopic (exact) mass is 200 g/mol. The van der Waals surface area contributed by atoms with Crippen LogP contribution >= 0.6 is 0 Å². The molecule has 0 heterocycles. The number of benzene rings is 1. The number of allylic oxidation sites excluding steroid dienone is 2. The molecular weight excluding hydrogens is 192 g/mol. The van der Waals surface area contributed by atoms with E-state index < -0.39 is 0 Å². The Bertz CT molecular complexity index is 510. The van der Waals surface area contributed by atoms with Crippen molar-refractivity contribution in [1.29, 1.82) is 0 Å². The van der Waals surface area contributed by atoms with Crippen molar-refractivity contribution in [2.24, 2.45) is 0 Å². The minimum absolute atomic E-state index is 0.151. The van der Waals surface area contributed by atoms with Gasteiger partial charge in [-0.2, -0.15) is 0 Å². The van der Waals surface area contributed by atoms with Crippen molar-refractivity contribution in [2.75, 3.05) is 0 Å². The lowest BCUT2D eigenvalue weighted by molar-refractivity contribution is 0.0984. The van der Waals surface area contributed by atoms with Crippen LogP contribution in [0.5, 0.6) is 0 Å². The van der Waals surface area contributed by atoms with Gasteiger partial charge in [0.25, 0.3) is 0 Å². The highest BCUT2D eigenvalue weighted by atomic mass is 16.1. The van der Waals surface area contributed by atoms with Crippen molar-refractivity contribution in [3.63, 3.8) is 0 Å². The van der Waals surface area contributed by atoms with Crippen molar-refractivity contribution in [2.45, 2.75) is 6.92 Å². The SMILES string of the molecule is CC1=CC(=O)c2cc(C=O)ccc2C1=O. The van der Waals surface area contributed by atoms with Crippen LogP contribution in [0.25, 0.3) is 0 Å². The minimum Gasteiger partial charge on any atom is -0.298 e. The number of hydrogen-bond acceptors (Lipinski definition) is 3. The third kappa shape index (κ3) is 1.42. The summed E-state index contributed by atoms with van der Waals surface area (Å²) < 4.78 is 0. The van der Waals surface area contributed by atoms with Gasteiger partial charge in [-0.25, -0.2) is 0 Å². The second-order valence-electron chi connectivity index (χ2n) is 3.44. The van der Waals surface area contributed by atoms with Crippen LogP contribution in [0.1, 0.15) is 38.0 Å². The molecule has 0 saturated heterocycles. The number of carbonyl (C=O) groups excluding carboxylic acids is 3. The van der Waals surface area contributed by atoms with Gasteiger partial charge in [0, 0.05) is 22.3 Å². The molecule has 0 fully saturated rings. The van der Waals surface area contributed by atoms with E-state index >= 15 is 0 Å². The summed E-state index contributed by atoms with van der Waals surface area (Å²) in [6.45, 7) is 1.61. The molecule has 1 aromatic rings. The number of Topliss-reactive ketones (excluding diaryl/α,β-unsaturated/α-hetero) is 1. The molecule has 0 saturated carbocycles. The van der Waals surface area contributed by atoms with Gasteiger partial charge in [-0.1, -0.05) is 6.07 Å². The van der Waals surface area contributed by atoms with E-state index in [2.05, 4.69) is 0 Å². The number of fused-ring (bicyclic) bond motifs is 1. The summed E-state index contributed by atoms with van der Waals surface area (Å²) in [5.41, 5.74) is 1.54. The standard InChI is InChI=1S/C12H8O3/c1-7-4-11(14)10-5-8(6-13)2-3-9(10)12(7)15/h2-6H,1H3. The first kappa shape index (κ1) is 9.52. The van der Waals surface area contributed by atoms with Crippen LogP contribution in [0.3, 0.4) is 0 Å². The van der Waals surface area contributed by atoms with E-state index in [1.54, 1.807) is 6.92 Å². The zero-order valence-electron chi connectivity index (χ0n) is 8.11. The molecule has 0 aliphatic heterocycles. The van der Waals surface area contributed by atoms with E-state index in [0.717, 1.165) is 0 Å². The van der Waals surface area contributed by atoms with Crippen LogP contribution in [0.4, 0.5) is 0 Å². The van der Waals surface area contributed by atoms with Crippen LogP contribution < -0.4 is 0 Å². The van der Waals surface area contributed by atoms with Crippen LogP contribution in [0.15, 0.2) is 29.8 Å². The summed E-state index contributed by atoms with van der Waals surface area (Å²) in [6, 6.07) is 4.51. The number of ketones is 2. The van der Waals surface area contributed by atoms with Gasteiger partial charge in [-0.05, 0) is 25.1 Å². The molecular formula is C12H8O3. The Balaban J connectivity index is 2.67. The van der Waals surface area contributed by atoms with Gasteiger partial charge >= 0.3 is 0 Å². The summed E-state index contributed by atoms with van der Waals surface area (Å²) >= 11 is 0. The molecule has 0 spiro atoms. The Hall–Kier alpha value is -2.03. The summed E-state index contributed by atoms with van der Waals surface area (Å²) in [5.74, 6) is -0.368. The van der Waals surface area contributed by atoms with Gasteiger partial charge in [0.2, 0.25) is 0 Å². The van der Waals surface area contributed by atoms with E-state index in [0.29, 0.717) is 28.5 Å². The van der Waals surface area contributed by atoms with E-state index in [4.69, 9.17) is 0 Å². The van der Waals surface area contributed by atoms with Crippen molar-refractivity contribution >= 4 is 17.9 Å². The van der Waals surface area contributed by atoms with E-state index in [1.807, 2.05) is 0 Å². The molecule has 0 amide bonds. The molecule has 3 nitrogen and oxygen atoms in total. The van der Waals surface area contributed by atoms with Crippen LogP contribution in [-0.2, 0) is 0 Å². The van der Waals surface area contributed by atoms with Gasteiger partial charge in [0.1, 0.15) is 6.29 Å². The Morgan fingerprint density at radius 3 is 2.53 bits per heavy atom. The summed E-state index contributed by atoms with van der Waals surface area (Å²) in [7, 11) is 0. The minimum atomic E-state index is -0.217. The smallest absolute Gasteiger partial charge is 0.189 e. The first-order chi connectivity index (χ1) is 7.13. The first-order valence-corrected chi connectivity index (χ1v) is 4.50. The Morgan fingerprint density at radius 2 is 1.87 bits per heavy atom. The maximum atomic E-state index is 11.7. The maximum absolute atomic E-state index is 11.7. The van der Waals surface area contributed by atoms with Gasteiger partial charge in [-0.15, -0.1) is 0 Å². The Morgan fingerprint density at radius 1 is 1.13 bits per heavy atom. The summed E-state index contributed by atoms with van der Waals surface area (Å²) in [5, 5.41) is 0. The fraction of sp³-hybridized carbons (Fsp3) is 0.0833. The van der Waals surface area contributed by atoms with Crippen molar-refractivity contribution < 1.29 is 14.4 Å². The highest BCUT2D eigenvalue weighted by Gasteiger charge is 2.22. The zero-order valence-corrected chi connectivity index (χ0v) is 8.11. The highest BCUT2D eigenvalue weighted by molar-refractivity contribution is 6.24. The number of carbonyl (C=O) groups is 3. The highest BCUT2D eigenvalue weighted by Crippen LogP contribution is 2.21. The van der Waals surface area contributed by atoms with Crippen LogP contribution in [-0.4, -0.2) is 17.9 Å². The molecule has 1 aliphatic carbocycles. The molecule has 0 bridgehead atoms. The molecule has 15 heavy (non-hydrogen) atoms. The van der Waals surface area contributed by atoms with E-state index in [9.17, 15) is 14.4 Å². The maximum Gasteiger partial charge on any atom is 0.189 e. The molecule has 0 atom stereocenters.